The lowest BCUT2D eigenvalue weighted by molar-refractivity contribution is -0.119. The molecule has 3 aromatic carbocycles. The van der Waals surface area contributed by atoms with Crippen LogP contribution >= 0.6 is 11.6 Å². The number of ether oxygens (including phenoxy) is 1. The fourth-order valence-corrected chi connectivity index (χ4v) is 5.63. The zero-order valence-electron chi connectivity index (χ0n) is 19.7. The Morgan fingerprint density at radius 2 is 1.67 bits per heavy atom. The fraction of sp³-hybridized carbons (Fsp3) is 0.231. The Labute approximate surface area is 215 Å². The largest absolute Gasteiger partial charge is 0.452 e. The number of para-hydroxylation sites is 1. The van der Waals surface area contributed by atoms with Crippen LogP contribution in [0.3, 0.4) is 0 Å². The van der Waals surface area contributed by atoms with Gasteiger partial charge < -0.3 is 15.0 Å². The number of hydrogen-bond donors (Lipinski definition) is 1. The zero-order chi connectivity index (χ0) is 25.7. The molecule has 0 atom stereocenters. The van der Waals surface area contributed by atoms with E-state index in [0.29, 0.717) is 36.9 Å². The van der Waals surface area contributed by atoms with E-state index in [-0.39, 0.29) is 10.5 Å². The highest BCUT2D eigenvalue weighted by atomic mass is 35.5. The van der Waals surface area contributed by atoms with Gasteiger partial charge in [-0.25, -0.2) is 13.2 Å². The zero-order valence-corrected chi connectivity index (χ0v) is 21.3. The second-order valence-corrected chi connectivity index (χ2v) is 10.7. The SMILES string of the molecule is Cc1ccc(NC(=O)COC(=O)c2cccc(S(=O)(=O)N3CCN(c4ccccc4)CC3)c2)c(Cl)c1. The Bertz CT molecular complexity index is 1360. The third kappa shape index (κ3) is 6.04. The normalized spacial score (nSPS) is 14.3. The van der Waals surface area contributed by atoms with E-state index >= 15 is 0 Å². The monoisotopic (exact) mass is 527 g/mol. The topological polar surface area (TPSA) is 96.0 Å². The molecule has 36 heavy (non-hydrogen) atoms. The summed E-state index contributed by atoms with van der Waals surface area (Å²) in [6.07, 6.45) is 0. The van der Waals surface area contributed by atoms with Gasteiger partial charge in [0.25, 0.3) is 5.91 Å². The van der Waals surface area contributed by atoms with Crippen molar-refractivity contribution in [2.75, 3.05) is 43.0 Å². The number of sulfonamides is 1. The van der Waals surface area contributed by atoms with Gasteiger partial charge in [0.2, 0.25) is 10.0 Å². The van der Waals surface area contributed by atoms with E-state index in [2.05, 4.69) is 10.2 Å². The van der Waals surface area contributed by atoms with Gasteiger partial charge in [0, 0.05) is 31.9 Å². The van der Waals surface area contributed by atoms with Gasteiger partial charge in [-0.15, -0.1) is 0 Å². The number of esters is 1. The molecule has 1 aliphatic rings. The van der Waals surface area contributed by atoms with Crippen molar-refractivity contribution in [3.05, 3.63) is 88.9 Å². The summed E-state index contributed by atoms with van der Waals surface area (Å²) >= 11 is 6.11. The summed E-state index contributed by atoms with van der Waals surface area (Å²) < 4.78 is 32.9. The van der Waals surface area contributed by atoms with Crippen LogP contribution in [0, 0.1) is 6.92 Å². The van der Waals surface area contributed by atoms with Crippen molar-refractivity contribution >= 4 is 44.9 Å². The molecule has 1 N–H and O–H groups in total. The van der Waals surface area contributed by atoms with Crippen molar-refractivity contribution in [1.82, 2.24) is 4.31 Å². The summed E-state index contributed by atoms with van der Waals surface area (Å²) in [4.78, 5) is 26.9. The number of nitrogens with zero attached hydrogens (tertiary/aromatic N) is 2. The maximum absolute atomic E-state index is 13.2. The maximum Gasteiger partial charge on any atom is 0.338 e. The molecule has 8 nitrogen and oxygen atoms in total. The number of nitrogens with one attached hydrogen (secondary N) is 1. The molecule has 1 fully saturated rings. The molecule has 188 valence electrons. The minimum Gasteiger partial charge on any atom is -0.452 e. The number of carbonyl (C=O) groups excluding carboxylic acids is 2. The number of amides is 1. The van der Waals surface area contributed by atoms with Crippen molar-refractivity contribution in [2.45, 2.75) is 11.8 Å². The van der Waals surface area contributed by atoms with Crippen molar-refractivity contribution in [3.63, 3.8) is 0 Å². The van der Waals surface area contributed by atoms with Crippen LogP contribution in [0.25, 0.3) is 0 Å². The molecule has 3 aromatic rings. The number of anilines is 2. The molecular formula is C26H26ClN3O5S. The molecule has 0 aromatic heterocycles. The molecule has 1 heterocycles. The summed E-state index contributed by atoms with van der Waals surface area (Å²) in [6, 6.07) is 20.6. The van der Waals surface area contributed by atoms with Crippen molar-refractivity contribution < 1.29 is 22.7 Å². The van der Waals surface area contributed by atoms with Gasteiger partial charge in [-0.05, 0) is 55.0 Å². The number of hydrogen-bond acceptors (Lipinski definition) is 6. The number of piperazine rings is 1. The molecule has 0 spiro atoms. The highest BCUT2D eigenvalue weighted by Gasteiger charge is 2.29. The highest BCUT2D eigenvalue weighted by Crippen LogP contribution is 2.23. The fourth-order valence-electron chi connectivity index (χ4n) is 3.88. The van der Waals surface area contributed by atoms with Crippen molar-refractivity contribution in [2.24, 2.45) is 0 Å². The average molecular weight is 528 g/mol. The van der Waals surface area contributed by atoms with E-state index in [1.54, 1.807) is 18.2 Å². The quantitative estimate of drug-likeness (QED) is 0.467. The predicted molar refractivity (Wildman–Crippen MR) is 139 cm³/mol. The van der Waals surface area contributed by atoms with Crippen molar-refractivity contribution in [3.8, 4) is 0 Å². The van der Waals surface area contributed by atoms with Gasteiger partial charge >= 0.3 is 5.97 Å². The third-order valence-corrected chi connectivity index (χ3v) is 8.01. The van der Waals surface area contributed by atoms with E-state index in [0.717, 1.165) is 11.3 Å². The molecule has 0 saturated carbocycles. The van der Waals surface area contributed by atoms with Crippen LogP contribution in [0.2, 0.25) is 5.02 Å². The lowest BCUT2D eigenvalue weighted by Gasteiger charge is -2.35. The lowest BCUT2D eigenvalue weighted by atomic mass is 10.2. The van der Waals surface area contributed by atoms with E-state index < -0.39 is 28.5 Å². The van der Waals surface area contributed by atoms with Gasteiger partial charge in [-0.2, -0.15) is 4.31 Å². The Hall–Kier alpha value is -3.40. The standard InChI is InChI=1S/C26H26ClN3O5S/c1-19-10-11-24(23(27)16-19)28-25(31)18-35-26(32)20-6-5-9-22(17-20)36(33,34)30-14-12-29(13-15-30)21-7-3-2-4-8-21/h2-11,16-17H,12-15,18H2,1H3,(H,28,31). The number of carbonyl (C=O) groups is 2. The van der Waals surface area contributed by atoms with Crippen LogP contribution in [0.15, 0.2) is 77.7 Å². The number of halogens is 1. The Balaban J connectivity index is 1.36. The first-order valence-corrected chi connectivity index (χ1v) is 13.2. The molecule has 4 rings (SSSR count). The van der Waals surface area contributed by atoms with Crippen LogP contribution < -0.4 is 10.2 Å². The van der Waals surface area contributed by atoms with Gasteiger partial charge in [-0.1, -0.05) is 41.9 Å². The molecule has 0 aliphatic carbocycles. The van der Waals surface area contributed by atoms with E-state index in [4.69, 9.17) is 16.3 Å². The van der Waals surface area contributed by atoms with Crippen LogP contribution in [-0.2, 0) is 19.6 Å². The second kappa shape index (κ2) is 11.1. The Morgan fingerprint density at radius 1 is 0.944 bits per heavy atom. The first kappa shape index (κ1) is 25.7. The van der Waals surface area contributed by atoms with E-state index in [1.165, 1.54) is 28.6 Å². The summed E-state index contributed by atoms with van der Waals surface area (Å²) in [6.45, 7) is 3.11. The predicted octanol–water partition coefficient (Wildman–Crippen LogP) is 3.95. The van der Waals surface area contributed by atoms with Gasteiger partial charge in [0.15, 0.2) is 6.61 Å². The average Bonchev–Trinajstić information content (AvgIpc) is 2.89. The smallest absolute Gasteiger partial charge is 0.338 e. The number of rotatable bonds is 7. The molecule has 1 amide bonds. The number of aryl methyl sites for hydroxylation is 1. The van der Waals surface area contributed by atoms with Gasteiger partial charge in [0.1, 0.15) is 0 Å². The molecule has 0 bridgehead atoms. The lowest BCUT2D eigenvalue weighted by Crippen LogP contribution is -2.48. The Morgan fingerprint density at radius 3 is 2.36 bits per heavy atom. The van der Waals surface area contributed by atoms with Crippen LogP contribution in [0.1, 0.15) is 15.9 Å². The Kier molecular flexibility index (Phi) is 7.93. The molecular weight excluding hydrogens is 502 g/mol. The van der Waals surface area contributed by atoms with E-state index in [9.17, 15) is 18.0 Å². The molecule has 0 unspecified atom stereocenters. The van der Waals surface area contributed by atoms with Gasteiger partial charge in [-0.3, -0.25) is 4.79 Å². The number of benzene rings is 3. The van der Waals surface area contributed by atoms with Crippen LogP contribution in [-0.4, -0.2) is 57.4 Å². The third-order valence-electron chi connectivity index (χ3n) is 5.80. The molecule has 10 heteroatoms. The summed E-state index contributed by atoms with van der Waals surface area (Å²) in [7, 11) is -3.80. The summed E-state index contributed by atoms with van der Waals surface area (Å²) in [5, 5.41) is 2.96. The van der Waals surface area contributed by atoms with Crippen LogP contribution in [0.4, 0.5) is 11.4 Å². The molecule has 0 radical (unpaired) electrons. The maximum atomic E-state index is 13.2. The van der Waals surface area contributed by atoms with Gasteiger partial charge in [0.05, 0.1) is 21.2 Å². The molecule has 1 aliphatic heterocycles. The highest BCUT2D eigenvalue weighted by molar-refractivity contribution is 7.89. The second-order valence-electron chi connectivity index (χ2n) is 8.36. The summed E-state index contributed by atoms with van der Waals surface area (Å²) in [5.41, 5.74) is 2.44. The van der Waals surface area contributed by atoms with Crippen molar-refractivity contribution in [1.29, 1.82) is 0 Å². The first-order valence-electron chi connectivity index (χ1n) is 11.4. The first-order chi connectivity index (χ1) is 17.2. The van der Waals surface area contributed by atoms with Crippen LogP contribution in [0.5, 0.6) is 0 Å². The minimum absolute atomic E-state index is 0.000926. The summed E-state index contributed by atoms with van der Waals surface area (Å²) in [5.74, 6) is -1.36. The van der Waals surface area contributed by atoms with E-state index in [1.807, 2.05) is 37.3 Å². The minimum atomic E-state index is -3.80. The molecule has 1 saturated heterocycles.